The molecule has 0 spiro atoms. The van der Waals surface area contributed by atoms with Gasteiger partial charge in [-0.3, -0.25) is 4.79 Å². The van der Waals surface area contributed by atoms with Gasteiger partial charge in [0.1, 0.15) is 11.6 Å². The lowest BCUT2D eigenvalue weighted by atomic mass is 10.0. The molecule has 0 amide bonds. The lowest BCUT2D eigenvalue weighted by Crippen LogP contribution is -2.14. The van der Waals surface area contributed by atoms with Gasteiger partial charge >= 0.3 is 5.97 Å². The van der Waals surface area contributed by atoms with E-state index >= 15 is 0 Å². The number of halogens is 2. The van der Waals surface area contributed by atoms with E-state index in [1.54, 1.807) is 0 Å². The van der Waals surface area contributed by atoms with Crippen molar-refractivity contribution in [3.63, 3.8) is 0 Å². The predicted octanol–water partition coefficient (Wildman–Crippen LogP) is 1.83. The molecule has 3 N–H and O–H groups in total. The summed E-state index contributed by atoms with van der Waals surface area (Å²) in [6.07, 6.45) is -0.0904. The SMILES string of the molecule is NC(CCC(=O)O)c1cc(F)ccc1F. The first kappa shape index (κ1) is 11.6. The zero-order valence-electron chi connectivity index (χ0n) is 7.91. The average Bonchev–Trinajstić information content (AvgIpc) is 2.18. The molecule has 0 saturated carbocycles. The fourth-order valence-electron chi connectivity index (χ4n) is 1.23. The number of carboxylic acid groups (broad SMARTS) is 1. The molecular weight excluding hydrogens is 204 g/mol. The lowest BCUT2D eigenvalue weighted by molar-refractivity contribution is -0.137. The first-order valence-corrected chi connectivity index (χ1v) is 4.43. The van der Waals surface area contributed by atoms with Crippen LogP contribution in [0.3, 0.4) is 0 Å². The van der Waals surface area contributed by atoms with Crippen LogP contribution >= 0.6 is 0 Å². The van der Waals surface area contributed by atoms with Gasteiger partial charge in [-0.2, -0.15) is 0 Å². The summed E-state index contributed by atoms with van der Waals surface area (Å²) in [4.78, 5) is 10.3. The van der Waals surface area contributed by atoms with Crippen molar-refractivity contribution >= 4 is 5.97 Å². The number of carbonyl (C=O) groups is 1. The number of aliphatic carboxylic acids is 1. The molecule has 0 fully saturated rings. The van der Waals surface area contributed by atoms with Gasteiger partial charge in [-0.1, -0.05) is 0 Å². The Balaban J connectivity index is 2.76. The Morgan fingerprint density at radius 3 is 2.73 bits per heavy atom. The zero-order chi connectivity index (χ0) is 11.4. The molecule has 0 aromatic heterocycles. The maximum Gasteiger partial charge on any atom is 0.303 e. The topological polar surface area (TPSA) is 63.3 Å². The van der Waals surface area contributed by atoms with Gasteiger partial charge in [-0.25, -0.2) is 8.78 Å². The van der Waals surface area contributed by atoms with Gasteiger partial charge in [-0.05, 0) is 24.6 Å². The first-order valence-electron chi connectivity index (χ1n) is 4.43. The van der Waals surface area contributed by atoms with E-state index in [0.717, 1.165) is 18.2 Å². The van der Waals surface area contributed by atoms with Crippen molar-refractivity contribution in [1.29, 1.82) is 0 Å². The van der Waals surface area contributed by atoms with Gasteiger partial charge in [-0.15, -0.1) is 0 Å². The van der Waals surface area contributed by atoms with Crippen molar-refractivity contribution < 1.29 is 18.7 Å². The number of rotatable bonds is 4. The minimum absolute atomic E-state index is 0.0104. The second kappa shape index (κ2) is 4.84. The summed E-state index contributed by atoms with van der Waals surface area (Å²) < 4.78 is 25.9. The number of hydrogen-bond acceptors (Lipinski definition) is 2. The van der Waals surface area contributed by atoms with E-state index in [1.165, 1.54) is 0 Å². The maximum absolute atomic E-state index is 13.2. The maximum atomic E-state index is 13.2. The van der Waals surface area contributed by atoms with E-state index in [9.17, 15) is 13.6 Å². The van der Waals surface area contributed by atoms with Gasteiger partial charge in [0.15, 0.2) is 0 Å². The van der Waals surface area contributed by atoms with Gasteiger partial charge in [0, 0.05) is 18.0 Å². The monoisotopic (exact) mass is 215 g/mol. The molecule has 1 unspecified atom stereocenters. The van der Waals surface area contributed by atoms with E-state index in [4.69, 9.17) is 10.8 Å². The van der Waals surface area contributed by atoms with E-state index in [0.29, 0.717) is 0 Å². The van der Waals surface area contributed by atoms with Crippen molar-refractivity contribution in [2.45, 2.75) is 18.9 Å². The molecule has 1 atom stereocenters. The highest BCUT2D eigenvalue weighted by Crippen LogP contribution is 2.20. The fourth-order valence-corrected chi connectivity index (χ4v) is 1.23. The Morgan fingerprint density at radius 1 is 1.47 bits per heavy atom. The summed E-state index contributed by atoms with van der Waals surface area (Å²) in [5.41, 5.74) is 5.55. The molecule has 1 aromatic carbocycles. The molecule has 0 radical (unpaired) electrons. The molecular formula is C10H11F2NO2. The Bertz CT molecular complexity index is 368. The summed E-state index contributed by atoms with van der Waals surface area (Å²) in [6.45, 7) is 0. The number of benzene rings is 1. The highest BCUT2D eigenvalue weighted by Gasteiger charge is 2.13. The molecule has 3 nitrogen and oxygen atoms in total. The Labute approximate surface area is 85.5 Å². The third-order valence-corrected chi connectivity index (χ3v) is 2.03. The molecule has 0 aliphatic carbocycles. The van der Waals surface area contributed by atoms with E-state index < -0.39 is 23.6 Å². The van der Waals surface area contributed by atoms with Crippen LogP contribution in [0.5, 0.6) is 0 Å². The van der Waals surface area contributed by atoms with Gasteiger partial charge in [0.25, 0.3) is 0 Å². The molecule has 1 aromatic rings. The van der Waals surface area contributed by atoms with Crippen molar-refractivity contribution in [3.8, 4) is 0 Å². The molecule has 0 bridgehead atoms. The van der Waals surface area contributed by atoms with Crippen LogP contribution in [0.4, 0.5) is 8.78 Å². The largest absolute Gasteiger partial charge is 0.481 e. The molecule has 82 valence electrons. The molecule has 0 aliphatic heterocycles. The molecule has 15 heavy (non-hydrogen) atoms. The highest BCUT2D eigenvalue weighted by molar-refractivity contribution is 5.66. The normalized spacial score (nSPS) is 12.5. The average molecular weight is 215 g/mol. The third kappa shape index (κ3) is 3.28. The van der Waals surface area contributed by atoms with Crippen molar-refractivity contribution in [2.24, 2.45) is 5.73 Å². The summed E-state index contributed by atoms with van der Waals surface area (Å²) in [5.74, 6) is -2.21. The van der Waals surface area contributed by atoms with Gasteiger partial charge in [0.2, 0.25) is 0 Å². The Morgan fingerprint density at radius 2 is 2.13 bits per heavy atom. The van der Waals surface area contributed by atoms with Crippen LogP contribution in [-0.2, 0) is 4.79 Å². The minimum atomic E-state index is -1.01. The van der Waals surface area contributed by atoms with Gasteiger partial charge in [0.05, 0.1) is 0 Å². The number of hydrogen-bond donors (Lipinski definition) is 2. The lowest BCUT2D eigenvalue weighted by Gasteiger charge is -2.11. The van der Waals surface area contributed by atoms with E-state index in [1.807, 2.05) is 0 Å². The molecule has 0 aliphatic rings. The van der Waals surface area contributed by atoms with Crippen molar-refractivity contribution in [2.75, 3.05) is 0 Å². The second-order valence-corrected chi connectivity index (χ2v) is 3.20. The van der Waals surface area contributed by atoms with Crippen LogP contribution in [0, 0.1) is 11.6 Å². The van der Waals surface area contributed by atoms with Crippen LogP contribution in [0.25, 0.3) is 0 Å². The van der Waals surface area contributed by atoms with Crippen LogP contribution < -0.4 is 5.73 Å². The summed E-state index contributed by atoms with van der Waals surface area (Å²) in [5, 5.41) is 8.41. The van der Waals surface area contributed by atoms with Crippen LogP contribution in [0.15, 0.2) is 18.2 Å². The van der Waals surface area contributed by atoms with Crippen molar-refractivity contribution in [3.05, 3.63) is 35.4 Å². The summed E-state index contributed by atoms with van der Waals surface area (Å²) >= 11 is 0. The van der Waals surface area contributed by atoms with E-state index in [2.05, 4.69) is 0 Å². The van der Waals surface area contributed by atoms with Crippen LogP contribution in [-0.4, -0.2) is 11.1 Å². The smallest absolute Gasteiger partial charge is 0.303 e. The molecule has 0 saturated heterocycles. The van der Waals surface area contributed by atoms with Gasteiger partial charge < -0.3 is 10.8 Å². The molecule has 0 heterocycles. The number of nitrogens with two attached hydrogens (primary N) is 1. The molecule has 5 heteroatoms. The molecule has 1 rings (SSSR count). The highest BCUT2D eigenvalue weighted by atomic mass is 19.1. The fraction of sp³-hybridized carbons (Fsp3) is 0.300. The minimum Gasteiger partial charge on any atom is -0.481 e. The predicted molar refractivity (Wildman–Crippen MR) is 50.2 cm³/mol. The summed E-state index contributed by atoms with van der Waals surface area (Å²) in [7, 11) is 0. The Kier molecular flexibility index (Phi) is 3.74. The van der Waals surface area contributed by atoms with Crippen molar-refractivity contribution in [1.82, 2.24) is 0 Å². The standard InChI is InChI=1S/C10H11F2NO2/c11-6-1-2-8(12)7(5-6)9(13)3-4-10(14)15/h1-2,5,9H,3-4,13H2,(H,14,15). The quantitative estimate of drug-likeness (QED) is 0.805. The third-order valence-electron chi connectivity index (χ3n) is 2.03. The van der Waals surface area contributed by atoms with Crippen LogP contribution in [0.1, 0.15) is 24.4 Å². The summed E-state index contributed by atoms with van der Waals surface area (Å²) in [6, 6.07) is 2.16. The number of carboxylic acids is 1. The van der Waals surface area contributed by atoms with Crippen LogP contribution in [0.2, 0.25) is 0 Å². The zero-order valence-corrected chi connectivity index (χ0v) is 7.91. The second-order valence-electron chi connectivity index (χ2n) is 3.20. The Hall–Kier alpha value is -1.49. The van der Waals surface area contributed by atoms with E-state index in [-0.39, 0.29) is 18.4 Å². The first-order chi connectivity index (χ1) is 7.00.